The highest BCUT2D eigenvalue weighted by Crippen LogP contribution is 2.38. The topological polar surface area (TPSA) is 66.8 Å². The Kier molecular flexibility index (Phi) is 6.77. The fraction of sp³-hybridized carbons (Fsp3) is 0.619. The second kappa shape index (κ2) is 9.07. The van der Waals surface area contributed by atoms with Crippen LogP contribution in [0.4, 0.5) is 0 Å². The van der Waals surface area contributed by atoms with E-state index in [2.05, 4.69) is 6.92 Å². The molecule has 1 aliphatic heterocycles. The molecule has 0 aromatic heterocycles. The molecular formula is C21H28ClNO4. The van der Waals surface area contributed by atoms with E-state index in [0.29, 0.717) is 24.0 Å². The Bertz CT molecular complexity index is 659. The SMILES string of the molecule is CC[C@@H](COCC1CC1)N1C(=O)[C@@H](CC(=O)O)CCC1c1ccc(Cl)cc1. The first-order valence-electron chi connectivity index (χ1n) is 9.86. The summed E-state index contributed by atoms with van der Waals surface area (Å²) >= 11 is 6.02. The molecule has 1 heterocycles. The number of ether oxygens (including phenoxy) is 1. The lowest BCUT2D eigenvalue weighted by atomic mass is 9.85. The largest absolute Gasteiger partial charge is 0.481 e. The minimum atomic E-state index is -0.920. The molecule has 27 heavy (non-hydrogen) atoms. The van der Waals surface area contributed by atoms with Crippen molar-refractivity contribution in [1.29, 1.82) is 0 Å². The van der Waals surface area contributed by atoms with Gasteiger partial charge in [0.15, 0.2) is 0 Å². The minimum Gasteiger partial charge on any atom is -0.481 e. The van der Waals surface area contributed by atoms with Gasteiger partial charge in [0, 0.05) is 17.5 Å². The van der Waals surface area contributed by atoms with Crippen molar-refractivity contribution < 1.29 is 19.4 Å². The summed E-state index contributed by atoms with van der Waals surface area (Å²) in [5.41, 5.74) is 1.04. The summed E-state index contributed by atoms with van der Waals surface area (Å²) in [5.74, 6) is -0.767. The highest BCUT2D eigenvalue weighted by atomic mass is 35.5. The molecule has 1 amide bonds. The lowest BCUT2D eigenvalue weighted by molar-refractivity contribution is -0.152. The van der Waals surface area contributed by atoms with E-state index in [0.717, 1.165) is 25.0 Å². The third-order valence-corrected chi connectivity index (χ3v) is 5.88. The van der Waals surface area contributed by atoms with Gasteiger partial charge in [-0.05, 0) is 55.7 Å². The summed E-state index contributed by atoms with van der Waals surface area (Å²) in [5, 5.41) is 9.84. The van der Waals surface area contributed by atoms with E-state index >= 15 is 0 Å². The Morgan fingerprint density at radius 2 is 1.96 bits per heavy atom. The predicted octanol–water partition coefficient (Wildman–Crippen LogP) is 4.30. The monoisotopic (exact) mass is 393 g/mol. The Labute approximate surface area is 165 Å². The molecule has 1 saturated heterocycles. The first kappa shape index (κ1) is 20.2. The predicted molar refractivity (Wildman–Crippen MR) is 104 cm³/mol. The molecule has 1 unspecified atom stereocenters. The molecule has 1 aromatic rings. The second-order valence-corrected chi connectivity index (χ2v) is 8.16. The lowest BCUT2D eigenvalue weighted by Crippen LogP contribution is -2.50. The van der Waals surface area contributed by atoms with Crippen LogP contribution in [0.15, 0.2) is 24.3 Å². The first-order valence-corrected chi connectivity index (χ1v) is 10.2. The smallest absolute Gasteiger partial charge is 0.304 e. The van der Waals surface area contributed by atoms with Crippen molar-refractivity contribution in [3.8, 4) is 0 Å². The van der Waals surface area contributed by atoms with Gasteiger partial charge in [-0.1, -0.05) is 30.7 Å². The quantitative estimate of drug-likeness (QED) is 0.679. The summed E-state index contributed by atoms with van der Waals surface area (Å²) in [7, 11) is 0. The van der Waals surface area contributed by atoms with E-state index in [4.69, 9.17) is 16.3 Å². The molecule has 1 aliphatic carbocycles. The molecule has 6 heteroatoms. The van der Waals surface area contributed by atoms with E-state index < -0.39 is 11.9 Å². The average molecular weight is 394 g/mol. The van der Waals surface area contributed by atoms with Gasteiger partial charge >= 0.3 is 5.97 Å². The van der Waals surface area contributed by atoms with E-state index in [9.17, 15) is 14.7 Å². The summed E-state index contributed by atoms with van der Waals surface area (Å²) < 4.78 is 5.90. The maximum absolute atomic E-state index is 13.2. The molecule has 1 saturated carbocycles. The highest BCUT2D eigenvalue weighted by Gasteiger charge is 2.40. The van der Waals surface area contributed by atoms with Crippen molar-refractivity contribution in [2.24, 2.45) is 11.8 Å². The number of nitrogens with zero attached hydrogens (tertiary/aromatic N) is 1. The normalized spacial score (nSPS) is 24.1. The number of hydrogen-bond donors (Lipinski definition) is 1. The van der Waals surface area contributed by atoms with Crippen LogP contribution in [-0.2, 0) is 14.3 Å². The third kappa shape index (κ3) is 5.23. The molecule has 0 spiro atoms. The standard InChI is InChI=1S/C21H28ClNO4/c1-2-18(13-27-12-14-3-4-14)23-19(15-5-8-17(22)9-6-15)10-7-16(21(23)26)11-20(24)25/h5-6,8-9,14,16,18-19H,2-4,7,10-13H2,1H3,(H,24,25)/t16-,18+,19?/m1/s1. The summed E-state index contributed by atoms with van der Waals surface area (Å²) in [6.07, 6.45) is 4.47. The number of carbonyl (C=O) groups excluding carboxylic acids is 1. The Morgan fingerprint density at radius 1 is 1.26 bits per heavy atom. The van der Waals surface area contributed by atoms with E-state index in [1.54, 1.807) is 0 Å². The number of piperidine rings is 1. The molecule has 2 fully saturated rings. The van der Waals surface area contributed by atoms with Crippen LogP contribution in [0.5, 0.6) is 0 Å². The van der Waals surface area contributed by atoms with Crippen LogP contribution in [-0.4, -0.2) is 41.1 Å². The van der Waals surface area contributed by atoms with Crippen LogP contribution >= 0.6 is 11.6 Å². The number of carboxylic acid groups (broad SMARTS) is 1. The fourth-order valence-electron chi connectivity index (χ4n) is 3.88. The zero-order valence-corrected chi connectivity index (χ0v) is 16.5. The number of carboxylic acids is 1. The maximum atomic E-state index is 13.2. The van der Waals surface area contributed by atoms with Crippen LogP contribution in [0.25, 0.3) is 0 Å². The van der Waals surface area contributed by atoms with Crippen molar-refractivity contribution in [3.05, 3.63) is 34.9 Å². The summed E-state index contributed by atoms with van der Waals surface area (Å²) in [6, 6.07) is 7.49. The molecule has 3 atom stereocenters. The Balaban J connectivity index is 1.79. The minimum absolute atomic E-state index is 0.0477. The summed E-state index contributed by atoms with van der Waals surface area (Å²) in [4.78, 5) is 26.3. The van der Waals surface area contributed by atoms with Gasteiger partial charge in [0.1, 0.15) is 0 Å². The fourth-order valence-corrected chi connectivity index (χ4v) is 4.01. The number of benzene rings is 1. The number of halogens is 1. The molecule has 5 nitrogen and oxygen atoms in total. The van der Waals surface area contributed by atoms with E-state index in [-0.39, 0.29) is 24.4 Å². The first-order chi connectivity index (χ1) is 13.0. The molecule has 2 aliphatic rings. The van der Waals surface area contributed by atoms with Crippen LogP contribution in [0.2, 0.25) is 5.02 Å². The summed E-state index contributed by atoms with van der Waals surface area (Å²) in [6.45, 7) is 3.31. The van der Waals surface area contributed by atoms with Crippen molar-refractivity contribution in [3.63, 3.8) is 0 Å². The molecule has 0 radical (unpaired) electrons. The van der Waals surface area contributed by atoms with Crippen LogP contribution in [0, 0.1) is 11.8 Å². The molecular weight excluding hydrogens is 366 g/mol. The van der Waals surface area contributed by atoms with Gasteiger partial charge in [-0.2, -0.15) is 0 Å². The molecule has 0 bridgehead atoms. The molecule has 1 aromatic carbocycles. The van der Waals surface area contributed by atoms with Crippen molar-refractivity contribution >= 4 is 23.5 Å². The van der Waals surface area contributed by atoms with E-state index in [1.165, 1.54) is 12.8 Å². The van der Waals surface area contributed by atoms with Crippen molar-refractivity contribution in [2.45, 2.75) is 57.5 Å². The molecule has 1 N–H and O–H groups in total. The average Bonchev–Trinajstić information content (AvgIpc) is 3.46. The van der Waals surface area contributed by atoms with Gasteiger partial charge in [-0.25, -0.2) is 0 Å². The van der Waals surface area contributed by atoms with Gasteiger partial charge in [0.25, 0.3) is 0 Å². The zero-order chi connectivity index (χ0) is 19.4. The number of rotatable bonds is 9. The number of hydrogen-bond acceptors (Lipinski definition) is 3. The molecule has 148 valence electrons. The van der Waals surface area contributed by atoms with Gasteiger partial charge in [0.2, 0.25) is 5.91 Å². The lowest BCUT2D eigenvalue weighted by Gasteiger charge is -2.44. The third-order valence-electron chi connectivity index (χ3n) is 5.63. The van der Waals surface area contributed by atoms with Gasteiger partial charge < -0.3 is 14.7 Å². The zero-order valence-electron chi connectivity index (χ0n) is 15.8. The van der Waals surface area contributed by atoms with Crippen molar-refractivity contribution in [1.82, 2.24) is 4.90 Å². The highest BCUT2D eigenvalue weighted by molar-refractivity contribution is 6.30. The van der Waals surface area contributed by atoms with Crippen LogP contribution in [0.3, 0.4) is 0 Å². The number of likely N-dealkylation sites (tertiary alicyclic amines) is 1. The Hall–Kier alpha value is -1.59. The van der Waals surface area contributed by atoms with Gasteiger partial charge in [-0.15, -0.1) is 0 Å². The van der Waals surface area contributed by atoms with Crippen LogP contribution < -0.4 is 0 Å². The van der Waals surface area contributed by atoms with Gasteiger partial charge in [-0.3, -0.25) is 9.59 Å². The van der Waals surface area contributed by atoms with Crippen LogP contribution in [0.1, 0.15) is 57.1 Å². The Morgan fingerprint density at radius 3 is 2.56 bits per heavy atom. The molecule has 3 rings (SSSR count). The van der Waals surface area contributed by atoms with Crippen molar-refractivity contribution in [2.75, 3.05) is 13.2 Å². The maximum Gasteiger partial charge on any atom is 0.304 e. The number of carbonyl (C=O) groups is 2. The number of aliphatic carboxylic acids is 1. The second-order valence-electron chi connectivity index (χ2n) is 7.73. The number of amides is 1. The van der Waals surface area contributed by atoms with E-state index in [1.807, 2.05) is 29.2 Å². The van der Waals surface area contributed by atoms with Gasteiger partial charge in [0.05, 0.1) is 25.1 Å².